The van der Waals surface area contributed by atoms with Crippen LogP contribution in [0.3, 0.4) is 0 Å². The smallest absolute Gasteiger partial charge is 0.244 e. The minimum atomic E-state index is -0.432. The molecule has 3 aromatic carbocycles. The van der Waals surface area contributed by atoms with Gasteiger partial charge >= 0.3 is 0 Å². The lowest BCUT2D eigenvalue weighted by Gasteiger charge is -2.16. The van der Waals surface area contributed by atoms with Crippen LogP contribution in [0.25, 0.3) is 16.8 Å². The minimum Gasteiger partial charge on any atom is -0.394 e. The Morgan fingerprint density at radius 1 is 1.04 bits per heavy atom. The Morgan fingerprint density at radius 3 is 2.52 bits per heavy atom. The van der Waals surface area contributed by atoms with Gasteiger partial charge < -0.3 is 10.4 Å². The predicted molar refractivity (Wildman–Crippen MR) is 102 cm³/mol. The van der Waals surface area contributed by atoms with E-state index in [1.54, 1.807) is 6.08 Å². The Kier molecular flexibility index (Phi) is 5.26. The van der Waals surface area contributed by atoms with E-state index in [1.807, 2.05) is 73.7 Å². The third kappa shape index (κ3) is 4.14. The minimum absolute atomic E-state index is 0.151. The highest BCUT2D eigenvalue weighted by Gasteiger charge is 2.12. The lowest BCUT2D eigenvalue weighted by atomic mass is 10.0. The molecular formula is C22H21NO2. The Labute approximate surface area is 147 Å². The van der Waals surface area contributed by atoms with E-state index in [0.717, 1.165) is 27.5 Å². The van der Waals surface area contributed by atoms with E-state index in [9.17, 15) is 9.90 Å². The van der Waals surface area contributed by atoms with Gasteiger partial charge in [0.05, 0.1) is 12.6 Å². The topological polar surface area (TPSA) is 49.3 Å². The molecule has 1 amide bonds. The van der Waals surface area contributed by atoms with Gasteiger partial charge in [0.2, 0.25) is 5.91 Å². The number of carbonyl (C=O) groups excluding carboxylic acids is 1. The SMILES string of the molecule is Cc1ccccc1/C=C/C(=O)NC(CO)c1ccc2ccccc2c1. The second-order valence-corrected chi connectivity index (χ2v) is 6.04. The van der Waals surface area contributed by atoms with E-state index in [0.29, 0.717) is 0 Å². The highest BCUT2D eigenvalue weighted by atomic mass is 16.3. The Morgan fingerprint density at radius 2 is 1.76 bits per heavy atom. The molecular weight excluding hydrogens is 310 g/mol. The van der Waals surface area contributed by atoms with Crippen molar-refractivity contribution in [1.29, 1.82) is 0 Å². The zero-order valence-electron chi connectivity index (χ0n) is 14.1. The van der Waals surface area contributed by atoms with E-state index in [4.69, 9.17) is 0 Å². The van der Waals surface area contributed by atoms with E-state index in [1.165, 1.54) is 6.08 Å². The molecule has 2 N–H and O–H groups in total. The van der Waals surface area contributed by atoms with Gasteiger partial charge in [-0.1, -0.05) is 60.7 Å². The molecule has 3 nitrogen and oxygen atoms in total. The van der Waals surface area contributed by atoms with Gasteiger partial charge in [-0.2, -0.15) is 0 Å². The molecule has 0 heterocycles. The fourth-order valence-electron chi connectivity index (χ4n) is 2.82. The predicted octanol–water partition coefficient (Wildman–Crippen LogP) is 4.01. The van der Waals surface area contributed by atoms with E-state index in [-0.39, 0.29) is 12.5 Å². The molecule has 25 heavy (non-hydrogen) atoms. The quantitative estimate of drug-likeness (QED) is 0.694. The molecule has 0 fully saturated rings. The van der Waals surface area contributed by atoms with Crippen LogP contribution in [0.2, 0.25) is 0 Å². The fraction of sp³-hybridized carbons (Fsp3) is 0.136. The molecule has 1 unspecified atom stereocenters. The molecule has 1 atom stereocenters. The van der Waals surface area contributed by atoms with Crippen LogP contribution in [0, 0.1) is 6.92 Å². The highest BCUT2D eigenvalue weighted by molar-refractivity contribution is 5.92. The molecule has 0 radical (unpaired) electrons. The molecule has 0 saturated carbocycles. The van der Waals surface area contributed by atoms with E-state index >= 15 is 0 Å². The van der Waals surface area contributed by atoms with Crippen LogP contribution in [0.15, 0.2) is 72.8 Å². The molecule has 0 bridgehead atoms. The van der Waals surface area contributed by atoms with E-state index in [2.05, 4.69) is 5.32 Å². The van der Waals surface area contributed by atoms with Crippen LogP contribution < -0.4 is 5.32 Å². The molecule has 3 rings (SSSR count). The third-order valence-corrected chi connectivity index (χ3v) is 4.28. The first-order chi connectivity index (χ1) is 12.2. The molecule has 0 aliphatic heterocycles. The number of hydrogen-bond donors (Lipinski definition) is 2. The number of benzene rings is 3. The average Bonchev–Trinajstić information content (AvgIpc) is 2.65. The molecule has 0 aromatic heterocycles. The van der Waals surface area contributed by atoms with Crippen LogP contribution in [0.5, 0.6) is 0 Å². The van der Waals surface area contributed by atoms with Crippen LogP contribution in [0.1, 0.15) is 22.7 Å². The summed E-state index contributed by atoms with van der Waals surface area (Å²) in [5.74, 6) is -0.226. The first-order valence-corrected chi connectivity index (χ1v) is 8.31. The second kappa shape index (κ2) is 7.77. The maximum atomic E-state index is 12.2. The van der Waals surface area contributed by atoms with Gasteiger partial charge in [-0.15, -0.1) is 0 Å². The summed E-state index contributed by atoms with van der Waals surface area (Å²) in [5, 5.41) is 14.8. The van der Waals surface area contributed by atoms with Gasteiger partial charge in [0.15, 0.2) is 0 Å². The number of hydrogen-bond acceptors (Lipinski definition) is 2. The van der Waals surface area contributed by atoms with Crippen molar-refractivity contribution in [2.75, 3.05) is 6.61 Å². The molecule has 0 aliphatic carbocycles. The van der Waals surface area contributed by atoms with Crippen LogP contribution >= 0.6 is 0 Å². The maximum Gasteiger partial charge on any atom is 0.244 e. The van der Waals surface area contributed by atoms with Gasteiger partial charge in [-0.25, -0.2) is 0 Å². The summed E-state index contributed by atoms with van der Waals surface area (Å²) in [6.45, 7) is 1.85. The molecule has 0 saturated heterocycles. The van der Waals surface area contributed by atoms with Crippen LogP contribution in [-0.4, -0.2) is 17.6 Å². The second-order valence-electron chi connectivity index (χ2n) is 6.04. The number of aryl methyl sites for hydroxylation is 1. The summed E-state index contributed by atoms with van der Waals surface area (Å²) in [5.41, 5.74) is 3.00. The summed E-state index contributed by atoms with van der Waals surface area (Å²) >= 11 is 0. The summed E-state index contributed by atoms with van der Waals surface area (Å²) in [4.78, 5) is 12.2. The number of aliphatic hydroxyl groups is 1. The summed E-state index contributed by atoms with van der Waals surface area (Å²) < 4.78 is 0. The number of carbonyl (C=O) groups is 1. The number of aliphatic hydroxyl groups excluding tert-OH is 1. The molecule has 3 aromatic rings. The highest BCUT2D eigenvalue weighted by Crippen LogP contribution is 2.20. The summed E-state index contributed by atoms with van der Waals surface area (Å²) in [6, 6.07) is 21.4. The molecule has 126 valence electrons. The first-order valence-electron chi connectivity index (χ1n) is 8.31. The fourth-order valence-corrected chi connectivity index (χ4v) is 2.82. The number of amides is 1. The molecule has 0 spiro atoms. The van der Waals surface area contributed by atoms with Gasteiger partial charge in [0.25, 0.3) is 0 Å². The van der Waals surface area contributed by atoms with Gasteiger partial charge in [0, 0.05) is 6.08 Å². The first kappa shape index (κ1) is 16.9. The lowest BCUT2D eigenvalue weighted by molar-refractivity contribution is -0.117. The average molecular weight is 331 g/mol. The van der Waals surface area contributed by atoms with Crippen molar-refractivity contribution < 1.29 is 9.90 Å². The normalized spacial score (nSPS) is 12.4. The zero-order chi connectivity index (χ0) is 17.6. The number of rotatable bonds is 5. The van der Waals surface area contributed by atoms with Gasteiger partial charge in [-0.3, -0.25) is 4.79 Å². The zero-order valence-corrected chi connectivity index (χ0v) is 14.1. The maximum absolute atomic E-state index is 12.2. The molecule has 0 aliphatic rings. The van der Waals surface area contributed by atoms with Crippen molar-refractivity contribution in [3.05, 3.63) is 89.5 Å². The van der Waals surface area contributed by atoms with Crippen LogP contribution in [-0.2, 0) is 4.79 Å². The van der Waals surface area contributed by atoms with Crippen molar-refractivity contribution in [3.8, 4) is 0 Å². The van der Waals surface area contributed by atoms with Gasteiger partial charge in [0.1, 0.15) is 0 Å². The summed E-state index contributed by atoms with van der Waals surface area (Å²) in [6.07, 6.45) is 3.30. The van der Waals surface area contributed by atoms with Crippen molar-refractivity contribution >= 4 is 22.8 Å². The number of nitrogens with one attached hydrogen (secondary N) is 1. The lowest BCUT2D eigenvalue weighted by Crippen LogP contribution is -2.29. The van der Waals surface area contributed by atoms with Crippen molar-refractivity contribution in [3.63, 3.8) is 0 Å². The van der Waals surface area contributed by atoms with Crippen LogP contribution in [0.4, 0.5) is 0 Å². The van der Waals surface area contributed by atoms with Crippen molar-refractivity contribution in [1.82, 2.24) is 5.32 Å². The Hall–Kier alpha value is -2.91. The van der Waals surface area contributed by atoms with Gasteiger partial charge in [-0.05, 0) is 46.5 Å². The largest absolute Gasteiger partial charge is 0.394 e. The standard InChI is InChI=1S/C22H21NO2/c1-16-6-2-3-7-17(16)12-13-22(25)23-21(15-24)20-11-10-18-8-4-5-9-19(18)14-20/h2-14,21,24H,15H2,1H3,(H,23,25)/b13-12+. The van der Waals surface area contributed by atoms with Crippen molar-refractivity contribution in [2.45, 2.75) is 13.0 Å². The van der Waals surface area contributed by atoms with Crippen molar-refractivity contribution in [2.24, 2.45) is 0 Å². The monoisotopic (exact) mass is 331 g/mol. The Balaban J connectivity index is 1.74. The third-order valence-electron chi connectivity index (χ3n) is 4.28. The van der Waals surface area contributed by atoms with E-state index < -0.39 is 6.04 Å². The molecule has 3 heteroatoms. The number of fused-ring (bicyclic) bond motifs is 1. The Bertz CT molecular complexity index is 915. The summed E-state index contributed by atoms with van der Waals surface area (Å²) in [7, 11) is 0.